The minimum Gasteiger partial charge on any atom is -0.380 e. The average Bonchev–Trinajstić information content (AvgIpc) is 2.71. The van der Waals surface area contributed by atoms with Gasteiger partial charge in [0.1, 0.15) is 12.2 Å². The van der Waals surface area contributed by atoms with E-state index in [9.17, 15) is 0 Å². The summed E-state index contributed by atoms with van der Waals surface area (Å²) in [6.45, 7) is 4.81. The molecule has 2 unspecified atom stereocenters. The van der Waals surface area contributed by atoms with Crippen molar-refractivity contribution in [3.8, 4) is 0 Å². The summed E-state index contributed by atoms with van der Waals surface area (Å²) in [5, 5.41) is 4.10. The van der Waals surface area contributed by atoms with Crippen LogP contribution in [0.25, 0.3) is 0 Å². The van der Waals surface area contributed by atoms with Crippen molar-refractivity contribution in [3.63, 3.8) is 0 Å². The molecule has 15 heavy (non-hydrogen) atoms. The first kappa shape index (κ1) is 12.1. The molecule has 6 nitrogen and oxygen atoms in total. The van der Waals surface area contributed by atoms with Gasteiger partial charge in [-0.25, -0.2) is 4.98 Å². The van der Waals surface area contributed by atoms with Crippen LogP contribution in [0, 0.1) is 0 Å². The Morgan fingerprint density at radius 3 is 2.93 bits per heavy atom. The lowest BCUT2D eigenvalue weighted by atomic mass is 10.1. The number of rotatable bonds is 6. The first-order valence-electron chi connectivity index (χ1n) is 5.08. The van der Waals surface area contributed by atoms with Gasteiger partial charge in [-0.15, -0.1) is 0 Å². The minimum absolute atomic E-state index is 0.0389. The monoisotopic (exact) mass is 213 g/mol. The van der Waals surface area contributed by atoms with Crippen molar-refractivity contribution in [2.75, 3.05) is 7.11 Å². The van der Waals surface area contributed by atoms with Gasteiger partial charge in [-0.1, -0.05) is 0 Å². The van der Waals surface area contributed by atoms with Gasteiger partial charge >= 0.3 is 0 Å². The van der Waals surface area contributed by atoms with Crippen molar-refractivity contribution in [2.45, 2.75) is 39.0 Å². The molecule has 0 amide bonds. The maximum absolute atomic E-state index is 5.47. The number of ether oxygens (including phenoxy) is 1. The first-order chi connectivity index (χ1) is 7.22. The number of nitrogens with zero attached hydrogens (tertiary/aromatic N) is 3. The second kappa shape index (κ2) is 5.79. The fourth-order valence-electron chi connectivity index (χ4n) is 1.43. The van der Waals surface area contributed by atoms with Crippen molar-refractivity contribution in [1.82, 2.24) is 20.2 Å². The van der Waals surface area contributed by atoms with Crippen molar-refractivity contribution < 1.29 is 4.74 Å². The SMILES string of the molecule is CCn1ncnc1CC(NN)C(C)OC. The predicted octanol–water partition coefficient (Wildman–Crippen LogP) is -0.293. The second-order valence-corrected chi connectivity index (χ2v) is 3.41. The lowest BCUT2D eigenvalue weighted by molar-refractivity contribution is 0.0821. The number of aryl methyl sites for hydroxylation is 1. The number of methoxy groups -OCH3 is 1. The highest BCUT2D eigenvalue weighted by molar-refractivity contribution is 4.91. The van der Waals surface area contributed by atoms with Crippen LogP contribution in [-0.2, 0) is 17.7 Å². The van der Waals surface area contributed by atoms with Gasteiger partial charge in [0.25, 0.3) is 0 Å². The van der Waals surface area contributed by atoms with Gasteiger partial charge in [0, 0.05) is 20.1 Å². The Morgan fingerprint density at radius 1 is 1.67 bits per heavy atom. The first-order valence-corrected chi connectivity index (χ1v) is 5.08. The van der Waals surface area contributed by atoms with Crippen LogP contribution in [0.2, 0.25) is 0 Å². The molecule has 1 aromatic heterocycles. The molecule has 2 atom stereocenters. The summed E-state index contributed by atoms with van der Waals surface area (Å²) in [6.07, 6.45) is 2.31. The van der Waals surface area contributed by atoms with Crippen molar-refractivity contribution in [2.24, 2.45) is 5.84 Å². The third kappa shape index (κ3) is 2.98. The van der Waals surface area contributed by atoms with Crippen LogP contribution < -0.4 is 11.3 Å². The zero-order valence-corrected chi connectivity index (χ0v) is 9.47. The van der Waals surface area contributed by atoms with Crippen LogP contribution in [0.5, 0.6) is 0 Å². The Hall–Kier alpha value is -0.980. The third-order valence-electron chi connectivity index (χ3n) is 2.55. The van der Waals surface area contributed by atoms with Crippen molar-refractivity contribution in [3.05, 3.63) is 12.2 Å². The van der Waals surface area contributed by atoms with E-state index in [0.717, 1.165) is 12.4 Å². The molecule has 0 bridgehead atoms. The molecule has 86 valence electrons. The van der Waals surface area contributed by atoms with E-state index >= 15 is 0 Å². The molecular formula is C9H19N5O. The van der Waals surface area contributed by atoms with Gasteiger partial charge in [0.15, 0.2) is 0 Å². The fraction of sp³-hybridized carbons (Fsp3) is 0.778. The molecule has 3 N–H and O–H groups in total. The molecule has 1 heterocycles. The lowest BCUT2D eigenvalue weighted by Gasteiger charge is -2.21. The molecule has 0 aliphatic rings. The quantitative estimate of drug-likeness (QED) is 0.501. The number of hydrogen-bond donors (Lipinski definition) is 2. The molecule has 1 aromatic rings. The number of aromatic nitrogens is 3. The number of hydrogen-bond acceptors (Lipinski definition) is 5. The zero-order valence-electron chi connectivity index (χ0n) is 9.47. The Bertz CT molecular complexity index is 288. The van der Waals surface area contributed by atoms with Gasteiger partial charge in [0.05, 0.1) is 12.1 Å². The van der Waals surface area contributed by atoms with Crippen LogP contribution in [0.4, 0.5) is 0 Å². The van der Waals surface area contributed by atoms with E-state index in [1.165, 1.54) is 0 Å². The highest BCUT2D eigenvalue weighted by Crippen LogP contribution is 2.04. The number of hydrazine groups is 1. The van der Waals surface area contributed by atoms with Crippen molar-refractivity contribution in [1.29, 1.82) is 0 Å². The van der Waals surface area contributed by atoms with Crippen LogP contribution in [0.3, 0.4) is 0 Å². The molecule has 0 fully saturated rings. The summed E-state index contributed by atoms with van der Waals surface area (Å²) >= 11 is 0. The molecule has 6 heteroatoms. The Kier molecular flexibility index (Phi) is 4.67. The molecule has 0 radical (unpaired) electrons. The standard InChI is InChI=1S/C9H19N5O/c1-4-14-9(11-6-12-14)5-8(13-10)7(2)15-3/h6-8,13H,4-5,10H2,1-3H3. The zero-order chi connectivity index (χ0) is 11.3. The summed E-state index contributed by atoms with van der Waals surface area (Å²) in [4.78, 5) is 4.19. The summed E-state index contributed by atoms with van der Waals surface area (Å²) in [5.41, 5.74) is 2.74. The van der Waals surface area contributed by atoms with E-state index in [4.69, 9.17) is 10.6 Å². The van der Waals surface area contributed by atoms with E-state index in [1.54, 1.807) is 13.4 Å². The van der Waals surface area contributed by atoms with Gasteiger partial charge in [-0.2, -0.15) is 5.10 Å². The second-order valence-electron chi connectivity index (χ2n) is 3.41. The molecule has 0 aliphatic carbocycles. The van der Waals surface area contributed by atoms with Crippen LogP contribution in [0.1, 0.15) is 19.7 Å². The number of nitrogens with two attached hydrogens (primary N) is 1. The largest absolute Gasteiger partial charge is 0.380 e. The average molecular weight is 213 g/mol. The van der Waals surface area contributed by atoms with Gasteiger partial charge in [-0.05, 0) is 13.8 Å². The summed E-state index contributed by atoms with van der Waals surface area (Å²) < 4.78 is 7.08. The Morgan fingerprint density at radius 2 is 2.40 bits per heavy atom. The van der Waals surface area contributed by atoms with Crippen LogP contribution in [-0.4, -0.2) is 34.0 Å². The van der Waals surface area contributed by atoms with Crippen LogP contribution in [0.15, 0.2) is 6.33 Å². The topological polar surface area (TPSA) is 78.0 Å². The highest BCUT2D eigenvalue weighted by atomic mass is 16.5. The van der Waals surface area contributed by atoms with Gasteiger partial charge in [-0.3, -0.25) is 16.0 Å². The van der Waals surface area contributed by atoms with E-state index in [0.29, 0.717) is 6.42 Å². The Balaban J connectivity index is 2.66. The summed E-state index contributed by atoms with van der Waals surface area (Å²) in [6, 6.07) is 0.0458. The van der Waals surface area contributed by atoms with Crippen LogP contribution >= 0.6 is 0 Å². The van der Waals surface area contributed by atoms with Gasteiger partial charge in [0.2, 0.25) is 0 Å². The molecule has 0 aromatic carbocycles. The molecular weight excluding hydrogens is 194 g/mol. The maximum Gasteiger partial charge on any atom is 0.138 e. The third-order valence-corrected chi connectivity index (χ3v) is 2.55. The lowest BCUT2D eigenvalue weighted by Crippen LogP contribution is -2.45. The normalized spacial score (nSPS) is 15.2. The van der Waals surface area contributed by atoms with E-state index in [-0.39, 0.29) is 12.1 Å². The molecule has 0 saturated heterocycles. The molecule has 0 saturated carbocycles. The molecule has 1 rings (SSSR count). The smallest absolute Gasteiger partial charge is 0.138 e. The highest BCUT2D eigenvalue weighted by Gasteiger charge is 2.18. The molecule has 0 aliphatic heterocycles. The predicted molar refractivity (Wildman–Crippen MR) is 57.0 cm³/mol. The minimum atomic E-state index is 0.0389. The number of nitrogens with one attached hydrogen (secondary N) is 1. The van der Waals surface area contributed by atoms with Gasteiger partial charge < -0.3 is 4.74 Å². The van der Waals surface area contributed by atoms with E-state index in [2.05, 4.69) is 15.5 Å². The molecule has 0 spiro atoms. The summed E-state index contributed by atoms with van der Waals surface area (Å²) in [5.74, 6) is 6.39. The van der Waals surface area contributed by atoms with E-state index in [1.807, 2.05) is 18.5 Å². The fourth-order valence-corrected chi connectivity index (χ4v) is 1.43. The van der Waals surface area contributed by atoms with E-state index < -0.39 is 0 Å². The van der Waals surface area contributed by atoms with Crippen molar-refractivity contribution >= 4 is 0 Å². The summed E-state index contributed by atoms with van der Waals surface area (Å²) in [7, 11) is 1.67. The maximum atomic E-state index is 5.47. The Labute approximate surface area is 89.8 Å².